The third kappa shape index (κ3) is 2.83. The lowest BCUT2D eigenvalue weighted by molar-refractivity contribution is -0.136. The number of hydrogen-bond acceptors (Lipinski definition) is 1. The second-order valence-electron chi connectivity index (χ2n) is 3.17. The molecule has 1 aromatic carbocycles. The van der Waals surface area contributed by atoms with Gasteiger partial charge in [-0.2, -0.15) is 0 Å². The molecule has 0 fully saturated rings. The Morgan fingerprint density at radius 3 is 2.79 bits per heavy atom. The van der Waals surface area contributed by atoms with Gasteiger partial charge in [0.25, 0.3) is 0 Å². The van der Waals surface area contributed by atoms with E-state index in [1.807, 2.05) is 6.92 Å². The summed E-state index contributed by atoms with van der Waals surface area (Å²) >= 11 is 0. The Balaban J connectivity index is 2.78. The van der Waals surface area contributed by atoms with E-state index in [9.17, 15) is 9.18 Å². The highest BCUT2D eigenvalue weighted by atomic mass is 19.1. The first-order valence-electron chi connectivity index (χ1n) is 4.62. The van der Waals surface area contributed by atoms with Crippen LogP contribution in [0.2, 0.25) is 0 Å². The highest BCUT2D eigenvalue weighted by Crippen LogP contribution is 2.13. The largest absolute Gasteiger partial charge is 0.481 e. The highest BCUT2D eigenvalue weighted by Gasteiger charge is 2.05. The van der Waals surface area contributed by atoms with Gasteiger partial charge in [-0.05, 0) is 30.0 Å². The van der Waals surface area contributed by atoms with E-state index < -0.39 is 5.97 Å². The first-order valence-corrected chi connectivity index (χ1v) is 4.62. The molecule has 0 saturated carbocycles. The summed E-state index contributed by atoms with van der Waals surface area (Å²) in [6.07, 6.45) is 1.07. The Morgan fingerprint density at radius 1 is 1.50 bits per heavy atom. The quantitative estimate of drug-likeness (QED) is 0.802. The van der Waals surface area contributed by atoms with Crippen LogP contribution < -0.4 is 0 Å². The molecule has 0 saturated heterocycles. The van der Waals surface area contributed by atoms with E-state index in [0.29, 0.717) is 5.56 Å². The molecule has 3 heteroatoms. The summed E-state index contributed by atoms with van der Waals surface area (Å²) < 4.78 is 13.2. The normalized spacial score (nSPS) is 10.1. The van der Waals surface area contributed by atoms with Gasteiger partial charge in [0, 0.05) is 6.42 Å². The zero-order chi connectivity index (χ0) is 10.6. The van der Waals surface area contributed by atoms with Crippen LogP contribution in [0.3, 0.4) is 0 Å². The molecule has 0 heterocycles. The number of aryl methyl sites for hydroxylation is 2. The molecule has 0 aromatic heterocycles. The molecule has 0 atom stereocenters. The van der Waals surface area contributed by atoms with Gasteiger partial charge in [-0.25, -0.2) is 4.39 Å². The smallest absolute Gasteiger partial charge is 0.303 e. The number of halogens is 1. The third-order valence-corrected chi connectivity index (χ3v) is 2.13. The zero-order valence-electron chi connectivity index (χ0n) is 8.09. The Hall–Kier alpha value is -1.38. The number of carbonyl (C=O) groups is 1. The van der Waals surface area contributed by atoms with Crippen molar-refractivity contribution in [3.63, 3.8) is 0 Å². The monoisotopic (exact) mass is 196 g/mol. The third-order valence-electron chi connectivity index (χ3n) is 2.13. The number of aliphatic carboxylic acids is 1. The van der Waals surface area contributed by atoms with Crippen molar-refractivity contribution in [1.29, 1.82) is 0 Å². The van der Waals surface area contributed by atoms with Crippen molar-refractivity contribution in [3.8, 4) is 0 Å². The SMILES string of the molecule is CCc1ccc(F)c(CCC(=O)O)c1. The topological polar surface area (TPSA) is 37.3 Å². The summed E-state index contributed by atoms with van der Waals surface area (Å²) in [7, 11) is 0. The van der Waals surface area contributed by atoms with Gasteiger partial charge in [0.1, 0.15) is 5.82 Å². The van der Waals surface area contributed by atoms with E-state index >= 15 is 0 Å². The molecule has 0 aliphatic carbocycles. The summed E-state index contributed by atoms with van der Waals surface area (Å²) in [5.74, 6) is -1.21. The average Bonchev–Trinajstić information content (AvgIpc) is 2.16. The number of carboxylic acids is 1. The summed E-state index contributed by atoms with van der Waals surface area (Å²) in [6, 6.07) is 4.86. The second-order valence-corrected chi connectivity index (χ2v) is 3.17. The van der Waals surface area contributed by atoms with Crippen LogP contribution in [0, 0.1) is 5.82 Å². The fraction of sp³-hybridized carbons (Fsp3) is 0.364. The molecule has 0 amide bonds. The van der Waals surface area contributed by atoms with Crippen molar-refractivity contribution in [1.82, 2.24) is 0 Å². The molecule has 1 aromatic rings. The van der Waals surface area contributed by atoms with Crippen LogP contribution in [0.1, 0.15) is 24.5 Å². The van der Waals surface area contributed by atoms with E-state index in [-0.39, 0.29) is 18.7 Å². The van der Waals surface area contributed by atoms with Crippen molar-refractivity contribution < 1.29 is 14.3 Å². The van der Waals surface area contributed by atoms with Crippen molar-refractivity contribution >= 4 is 5.97 Å². The Bertz CT molecular complexity index is 334. The van der Waals surface area contributed by atoms with Gasteiger partial charge in [0.15, 0.2) is 0 Å². The zero-order valence-corrected chi connectivity index (χ0v) is 8.09. The lowest BCUT2D eigenvalue weighted by Crippen LogP contribution is -2.00. The van der Waals surface area contributed by atoms with Crippen LogP contribution in [-0.2, 0) is 17.6 Å². The number of hydrogen-bond donors (Lipinski definition) is 1. The van der Waals surface area contributed by atoms with Gasteiger partial charge in [0.05, 0.1) is 0 Å². The van der Waals surface area contributed by atoms with E-state index in [2.05, 4.69) is 0 Å². The van der Waals surface area contributed by atoms with Crippen LogP contribution in [0.15, 0.2) is 18.2 Å². The standard InChI is InChI=1S/C11H13FO2/c1-2-8-3-5-10(12)9(7-8)4-6-11(13)14/h3,5,7H,2,4,6H2,1H3,(H,13,14). The van der Waals surface area contributed by atoms with Crippen LogP contribution in [0.25, 0.3) is 0 Å². The molecule has 2 nitrogen and oxygen atoms in total. The molecular weight excluding hydrogens is 183 g/mol. The summed E-state index contributed by atoms with van der Waals surface area (Å²) in [5, 5.41) is 8.47. The fourth-order valence-corrected chi connectivity index (χ4v) is 1.28. The molecule has 0 aliphatic heterocycles. The number of benzene rings is 1. The summed E-state index contributed by atoms with van der Waals surface area (Å²) in [4.78, 5) is 10.3. The van der Waals surface area contributed by atoms with Gasteiger partial charge in [0.2, 0.25) is 0 Å². The van der Waals surface area contributed by atoms with Gasteiger partial charge >= 0.3 is 5.97 Å². The van der Waals surface area contributed by atoms with Crippen LogP contribution in [0.5, 0.6) is 0 Å². The second kappa shape index (κ2) is 4.74. The molecule has 0 aliphatic rings. The first kappa shape index (κ1) is 10.7. The van der Waals surface area contributed by atoms with Crippen LogP contribution in [-0.4, -0.2) is 11.1 Å². The Morgan fingerprint density at radius 2 is 2.21 bits per heavy atom. The van der Waals surface area contributed by atoms with Gasteiger partial charge in [-0.3, -0.25) is 4.79 Å². The lowest BCUT2D eigenvalue weighted by atomic mass is 10.0. The summed E-state index contributed by atoms with van der Waals surface area (Å²) in [5.41, 5.74) is 1.53. The Kier molecular flexibility index (Phi) is 3.63. The van der Waals surface area contributed by atoms with Crippen molar-refractivity contribution in [2.45, 2.75) is 26.2 Å². The maximum absolute atomic E-state index is 13.2. The fourth-order valence-electron chi connectivity index (χ4n) is 1.28. The Labute approximate surface area is 82.4 Å². The van der Waals surface area contributed by atoms with E-state index in [4.69, 9.17) is 5.11 Å². The van der Waals surface area contributed by atoms with Crippen molar-refractivity contribution in [3.05, 3.63) is 35.1 Å². The molecule has 1 N–H and O–H groups in total. The van der Waals surface area contributed by atoms with E-state index in [1.165, 1.54) is 6.07 Å². The molecular formula is C11H13FO2. The maximum atomic E-state index is 13.2. The molecule has 1 rings (SSSR count). The molecule has 0 unspecified atom stereocenters. The molecule has 14 heavy (non-hydrogen) atoms. The highest BCUT2D eigenvalue weighted by molar-refractivity contribution is 5.67. The van der Waals surface area contributed by atoms with Crippen LogP contribution >= 0.6 is 0 Å². The van der Waals surface area contributed by atoms with Crippen LogP contribution in [0.4, 0.5) is 4.39 Å². The predicted molar refractivity (Wildman–Crippen MR) is 51.7 cm³/mol. The number of rotatable bonds is 4. The summed E-state index contributed by atoms with van der Waals surface area (Å²) in [6.45, 7) is 1.98. The predicted octanol–water partition coefficient (Wildman–Crippen LogP) is 2.41. The molecule has 0 spiro atoms. The average molecular weight is 196 g/mol. The van der Waals surface area contributed by atoms with Crippen molar-refractivity contribution in [2.75, 3.05) is 0 Å². The molecule has 0 radical (unpaired) electrons. The van der Waals surface area contributed by atoms with Crippen molar-refractivity contribution in [2.24, 2.45) is 0 Å². The minimum absolute atomic E-state index is 0.0237. The minimum atomic E-state index is -0.897. The van der Waals surface area contributed by atoms with E-state index in [1.54, 1.807) is 12.1 Å². The van der Waals surface area contributed by atoms with Gasteiger partial charge in [-0.1, -0.05) is 19.1 Å². The maximum Gasteiger partial charge on any atom is 0.303 e. The molecule has 0 bridgehead atoms. The number of carboxylic acid groups (broad SMARTS) is 1. The lowest BCUT2D eigenvalue weighted by Gasteiger charge is -2.03. The first-order chi connectivity index (χ1) is 6.63. The van der Waals surface area contributed by atoms with E-state index in [0.717, 1.165) is 12.0 Å². The molecule has 76 valence electrons. The van der Waals surface area contributed by atoms with Gasteiger partial charge < -0.3 is 5.11 Å². The van der Waals surface area contributed by atoms with Gasteiger partial charge in [-0.15, -0.1) is 0 Å². The minimum Gasteiger partial charge on any atom is -0.481 e.